The molecule has 0 aromatic heterocycles. The van der Waals surface area contributed by atoms with E-state index in [9.17, 15) is 22.8 Å². The summed E-state index contributed by atoms with van der Waals surface area (Å²) in [5.74, 6) is -5.65. The second-order valence-electron chi connectivity index (χ2n) is 4.98. The SMILES string of the molecule is O=C(CC1COCCN1)NCC(=O)Nc1ccc(F)c(F)c1F. The zero-order chi connectivity index (χ0) is 16.8. The molecule has 6 nitrogen and oxygen atoms in total. The molecule has 0 radical (unpaired) electrons. The first-order valence-electron chi connectivity index (χ1n) is 6.98. The van der Waals surface area contributed by atoms with Gasteiger partial charge in [0.05, 0.1) is 25.4 Å². The minimum Gasteiger partial charge on any atom is -0.378 e. The summed E-state index contributed by atoms with van der Waals surface area (Å²) in [6.07, 6.45) is 0.132. The molecule has 1 aromatic carbocycles. The fourth-order valence-corrected chi connectivity index (χ4v) is 2.04. The van der Waals surface area contributed by atoms with Crippen molar-refractivity contribution in [1.29, 1.82) is 0 Å². The van der Waals surface area contributed by atoms with E-state index in [2.05, 4.69) is 16.0 Å². The van der Waals surface area contributed by atoms with Gasteiger partial charge in [0.15, 0.2) is 17.5 Å². The highest BCUT2D eigenvalue weighted by atomic mass is 19.2. The minimum absolute atomic E-state index is 0.129. The Morgan fingerprint density at radius 2 is 2.00 bits per heavy atom. The van der Waals surface area contributed by atoms with E-state index in [1.807, 2.05) is 0 Å². The Balaban J connectivity index is 1.78. The van der Waals surface area contributed by atoms with Crippen molar-refractivity contribution in [3.63, 3.8) is 0 Å². The minimum atomic E-state index is -1.67. The van der Waals surface area contributed by atoms with Crippen molar-refractivity contribution in [2.24, 2.45) is 0 Å². The van der Waals surface area contributed by atoms with Crippen LogP contribution in [0.4, 0.5) is 18.9 Å². The fourth-order valence-electron chi connectivity index (χ4n) is 2.04. The van der Waals surface area contributed by atoms with Crippen LogP contribution in [-0.2, 0) is 14.3 Å². The van der Waals surface area contributed by atoms with Gasteiger partial charge in [0.2, 0.25) is 11.8 Å². The number of carbonyl (C=O) groups excluding carboxylic acids is 2. The molecule has 2 rings (SSSR count). The van der Waals surface area contributed by atoms with Gasteiger partial charge in [0.1, 0.15) is 0 Å². The maximum absolute atomic E-state index is 13.4. The molecule has 1 heterocycles. The molecule has 0 bridgehead atoms. The molecule has 9 heteroatoms. The van der Waals surface area contributed by atoms with Crippen molar-refractivity contribution in [2.75, 3.05) is 31.6 Å². The number of carbonyl (C=O) groups is 2. The maximum Gasteiger partial charge on any atom is 0.243 e. The number of benzene rings is 1. The number of morpholine rings is 1. The van der Waals surface area contributed by atoms with Crippen molar-refractivity contribution in [3.8, 4) is 0 Å². The van der Waals surface area contributed by atoms with Crippen LogP contribution < -0.4 is 16.0 Å². The number of nitrogens with one attached hydrogen (secondary N) is 3. The fraction of sp³-hybridized carbons (Fsp3) is 0.429. The largest absolute Gasteiger partial charge is 0.378 e. The summed E-state index contributed by atoms with van der Waals surface area (Å²) in [5.41, 5.74) is -0.495. The standard InChI is InChI=1S/C14H16F3N3O3/c15-9-1-2-10(14(17)13(9)16)20-12(22)6-19-11(21)5-8-7-23-4-3-18-8/h1-2,8,18H,3-7H2,(H,19,21)(H,20,22). The van der Waals surface area contributed by atoms with Gasteiger partial charge in [-0.05, 0) is 12.1 Å². The zero-order valence-corrected chi connectivity index (χ0v) is 12.1. The second-order valence-corrected chi connectivity index (χ2v) is 4.98. The monoisotopic (exact) mass is 331 g/mol. The van der Waals surface area contributed by atoms with Crippen molar-refractivity contribution in [1.82, 2.24) is 10.6 Å². The molecule has 2 amide bonds. The Labute approximate surface area is 130 Å². The predicted octanol–water partition coefficient (Wildman–Crippen LogP) is 0.537. The van der Waals surface area contributed by atoms with E-state index in [0.29, 0.717) is 25.8 Å². The van der Waals surface area contributed by atoms with E-state index in [1.54, 1.807) is 0 Å². The van der Waals surface area contributed by atoms with E-state index in [4.69, 9.17) is 4.74 Å². The number of hydrogen-bond acceptors (Lipinski definition) is 4. The van der Waals surface area contributed by atoms with Crippen molar-refractivity contribution in [3.05, 3.63) is 29.6 Å². The van der Waals surface area contributed by atoms with E-state index < -0.39 is 35.6 Å². The lowest BCUT2D eigenvalue weighted by atomic mass is 10.2. The molecule has 0 aliphatic carbocycles. The summed E-state index contributed by atoms with van der Waals surface area (Å²) in [6.45, 7) is 1.22. The van der Waals surface area contributed by atoms with Gasteiger partial charge < -0.3 is 20.7 Å². The smallest absolute Gasteiger partial charge is 0.243 e. The van der Waals surface area contributed by atoms with E-state index >= 15 is 0 Å². The first-order valence-corrected chi connectivity index (χ1v) is 6.98. The van der Waals surface area contributed by atoms with Gasteiger partial charge in [-0.1, -0.05) is 0 Å². The molecular formula is C14H16F3N3O3. The van der Waals surface area contributed by atoms with E-state index in [0.717, 1.165) is 6.07 Å². The number of halogens is 3. The number of amides is 2. The molecular weight excluding hydrogens is 315 g/mol. The van der Waals surface area contributed by atoms with Gasteiger partial charge in [-0.15, -0.1) is 0 Å². The highest BCUT2D eigenvalue weighted by Crippen LogP contribution is 2.19. The summed E-state index contributed by atoms with van der Waals surface area (Å²) in [4.78, 5) is 23.3. The van der Waals surface area contributed by atoms with Crippen LogP contribution in [0.15, 0.2) is 12.1 Å². The van der Waals surface area contributed by atoms with Gasteiger partial charge in [0.25, 0.3) is 0 Å². The lowest BCUT2D eigenvalue weighted by molar-refractivity contribution is -0.125. The number of rotatable bonds is 5. The Bertz CT molecular complexity index is 592. The van der Waals surface area contributed by atoms with Gasteiger partial charge in [-0.25, -0.2) is 13.2 Å². The normalized spacial score (nSPS) is 17.6. The Morgan fingerprint density at radius 3 is 2.70 bits per heavy atom. The molecule has 23 heavy (non-hydrogen) atoms. The first-order chi connectivity index (χ1) is 11.0. The third-order valence-corrected chi connectivity index (χ3v) is 3.19. The molecule has 1 saturated heterocycles. The quantitative estimate of drug-likeness (QED) is 0.688. The summed E-state index contributed by atoms with van der Waals surface area (Å²) >= 11 is 0. The van der Waals surface area contributed by atoms with Gasteiger partial charge in [-0.2, -0.15) is 0 Å². The van der Waals surface area contributed by atoms with Crippen LogP contribution in [0.5, 0.6) is 0 Å². The molecule has 0 saturated carbocycles. The second kappa shape index (κ2) is 7.93. The van der Waals surface area contributed by atoms with Crippen LogP contribution in [0.2, 0.25) is 0 Å². The third kappa shape index (κ3) is 4.93. The Morgan fingerprint density at radius 1 is 1.22 bits per heavy atom. The number of anilines is 1. The van der Waals surface area contributed by atoms with Crippen LogP contribution in [-0.4, -0.2) is 44.2 Å². The molecule has 1 unspecified atom stereocenters. The Kier molecular flexibility index (Phi) is 5.94. The van der Waals surface area contributed by atoms with Crippen LogP contribution in [0, 0.1) is 17.5 Å². The average molecular weight is 331 g/mol. The summed E-state index contributed by atoms with van der Waals surface area (Å²) in [7, 11) is 0. The van der Waals surface area contributed by atoms with Crippen molar-refractivity contribution in [2.45, 2.75) is 12.5 Å². The lowest BCUT2D eigenvalue weighted by Crippen LogP contribution is -2.45. The number of hydrogen-bond donors (Lipinski definition) is 3. The lowest BCUT2D eigenvalue weighted by Gasteiger charge is -2.23. The number of ether oxygens (including phenoxy) is 1. The van der Waals surface area contributed by atoms with Crippen LogP contribution in [0.25, 0.3) is 0 Å². The molecule has 0 spiro atoms. The third-order valence-electron chi connectivity index (χ3n) is 3.19. The van der Waals surface area contributed by atoms with Crippen LogP contribution >= 0.6 is 0 Å². The van der Waals surface area contributed by atoms with Gasteiger partial charge in [0, 0.05) is 19.0 Å². The molecule has 1 aliphatic rings. The summed E-state index contributed by atoms with van der Waals surface area (Å²) < 4.78 is 44.4. The summed E-state index contributed by atoms with van der Waals surface area (Å²) in [6, 6.07) is 1.47. The maximum atomic E-state index is 13.4. The molecule has 1 atom stereocenters. The van der Waals surface area contributed by atoms with E-state index in [-0.39, 0.29) is 18.4 Å². The predicted molar refractivity (Wildman–Crippen MR) is 75.2 cm³/mol. The molecule has 1 fully saturated rings. The first kappa shape index (κ1) is 17.2. The highest BCUT2D eigenvalue weighted by Gasteiger charge is 2.18. The molecule has 1 aromatic rings. The average Bonchev–Trinajstić information content (AvgIpc) is 2.54. The van der Waals surface area contributed by atoms with Crippen molar-refractivity contribution >= 4 is 17.5 Å². The van der Waals surface area contributed by atoms with Crippen LogP contribution in [0.3, 0.4) is 0 Å². The zero-order valence-electron chi connectivity index (χ0n) is 12.1. The Hall–Kier alpha value is -2.13. The van der Waals surface area contributed by atoms with Crippen LogP contribution in [0.1, 0.15) is 6.42 Å². The summed E-state index contributed by atoms with van der Waals surface area (Å²) in [5, 5.41) is 7.50. The topological polar surface area (TPSA) is 79.5 Å². The highest BCUT2D eigenvalue weighted by molar-refractivity contribution is 5.94. The van der Waals surface area contributed by atoms with E-state index in [1.165, 1.54) is 0 Å². The molecule has 3 N–H and O–H groups in total. The van der Waals surface area contributed by atoms with Gasteiger partial charge in [-0.3, -0.25) is 9.59 Å². The van der Waals surface area contributed by atoms with Crippen molar-refractivity contribution < 1.29 is 27.5 Å². The molecule has 126 valence electrons. The van der Waals surface area contributed by atoms with Gasteiger partial charge >= 0.3 is 0 Å². The molecule has 1 aliphatic heterocycles.